The van der Waals surface area contributed by atoms with E-state index in [-0.39, 0.29) is 0 Å². The lowest BCUT2D eigenvalue weighted by atomic mass is 10.1. The van der Waals surface area contributed by atoms with Crippen LogP contribution in [0.25, 0.3) is 0 Å². The topological polar surface area (TPSA) is 38.7 Å². The molecule has 1 N–H and O–H groups in total. The van der Waals surface area contributed by atoms with Gasteiger partial charge in [0.05, 0.1) is 6.61 Å². The molecule has 0 amide bonds. The van der Waals surface area contributed by atoms with Crippen LogP contribution in [0.2, 0.25) is 0 Å². The maximum atomic E-state index is 9.56. The Morgan fingerprint density at radius 3 is 3.06 bits per heavy atom. The Kier molecular flexibility index (Phi) is 2.48. The van der Waals surface area contributed by atoms with Gasteiger partial charge in [-0.05, 0) is 24.5 Å². The minimum atomic E-state index is -0.476. The lowest BCUT2D eigenvalue weighted by Gasteiger charge is -2.07. The first-order valence-corrected chi connectivity index (χ1v) is 5.90. The van der Waals surface area contributed by atoms with E-state index in [0.29, 0.717) is 6.61 Å². The number of aliphatic hydroxyl groups excluding tert-OH is 1. The summed E-state index contributed by atoms with van der Waals surface area (Å²) in [4.78, 5) is 0. The highest BCUT2D eigenvalue weighted by Gasteiger charge is 2.23. The van der Waals surface area contributed by atoms with Crippen molar-refractivity contribution in [2.45, 2.75) is 25.4 Å². The fraction of sp³-hybridized carbons (Fsp3) is 0.538. The quantitative estimate of drug-likeness (QED) is 0.846. The van der Waals surface area contributed by atoms with E-state index in [0.717, 1.165) is 36.0 Å². The first kappa shape index (κ1) is 9.97. The van der Waals surface area contributed by atoms with Gasteiger partial charge in [0.15, 0.2) is 0 Å². The van der Waals surface area contributed by atoms with E-state index in [1.165, 1.54) is 12.8 Å². The van der Waals surface area contributed by atoms with Crippen LogP contribution in [0.1, 0.15) is 30.9 Å². The summed E-state index contributed by atoms with van der Waals surface area (Å²) in [7, 11) is 0. The van der Waals surface area contributed by atoms with Crippen LogP contribution in [0.4, 0.5) is 0 Å². The van der Waals surface area contributed by atoms with Gasteiger partial charge < -0.3 is 14.6 Å². The summed E-state index contributed by atoms with van der Waals surface area (Å²) in [5.74, 6) is 2.50. The Labute approximate surface area is 95.0 Å². The second-order valence-corrected chi connectivity index (χ2v) is 4.61. The van der Waals surface area contributed by atoms with Crippen LogP contribution in [-0.2, 0) is 0 Å². The number of benzene rings is 1. The van der Waals surface area contributed by atoms with Crippen LogP contribution < -0.4 is 9.47 Å². The third-order valence-corrected chi connectivity index (χ3v) is 3.23. The molecule has 1 aliphatic heterocycles. The fourth-order valence-electron chi connectivity index (χ4n) is 2.01. The van der Waals surface area contributed by atoms with Gasteiger partial charge in [0.2, 0.25) is 0 Å². The average molecular weight is 220 g/mol. The van der Waals surface area contributed by atoms with Gasteiger partial charge in [0, 0.05) is 11.6 Å². The first-order chi connectivity index (χ1) is 7.83. The number of fused-ring (bicyclic) bond motifs is 1. The van der Waals surface area contributed by atoms with Crippen molar-refractivity contribution in [1.82, 2.24) is 0 Å². The first-order valence-electron chi connectivity index (χ1n) is 5.90. The standard InChI is InChI=1S/C13H16O3/c14-12-8-16-13-7-10(3-4-11(12)13)15-6-5-9-1-2-9/h3-4,7,9,12,14H,1-2,5-6,8H2. The SMILES string of the molecule is OC1COc2cc(OCCC3CC3)ccc21. The van der Waals surface area contributed by atoms with E-state index in [9.17, 15) is 5.11 Å². The molecule has 1 aromatic carbocycles. The van der Waals surface area contributed by atoms with E-state index in [1.807, 2.05) is 18.2 Å². The second kappa shape index (κ2) is 3.98. The van der Waals surface area contributed by atoms with Crippen molar-refractivity contribution in [2.24, 2.45) is 5.92 Å². The summed E-state index contributed by atoms with van der Waals surface area (Å²) in [6.07, 6.45) is 3.40. The molecular formula is C13H16O3. The molecule has 2 aliphatic rings. The summed E-state index contributed by atoms with van der Waals surface area (Å²) < 4.78 is 11.0. The van der Waals surface area contributed by atoms with Crippen LogP contribution in [0.15, 0.2) is 18.2 Å². The molecule has 16 heavy (non-hydrogen) atoms. The zero-order chi connectivity index (χ0) is 11.0. The van der Waals surface area contributed by atoms with Crippen LogP contribution in [0, 0.1) is 5.92 Å². The maximum absolute atomic E-state index is 9.56. The highest BCUT2D eigenvalue weighted by atomic mass is 16.5. The zero-order valence-electron chi connectivity index (χ0n) is 9.19. The van der Waals surface area contributed by atoms with E-state index in [1.54, 1.807) is 0 Å². The fourth-order valence-corrected chi connectivity index (χ4v) is 2.01. The Morgan fingerprint density at radius 2 is 2.25 bits per heavy atom. The van der Waals surface area contributed by atoms with E-state index < -0.39 is 6.10 Å². The largest absolute Gasteiger partial charge is 0.493 e. The Morgan fingerprint density at radius 1 is 1.38 bits per heavy atom. The molecule has 0 radical (unpaired) electrons. The van der Waals surface area contributed by atoms with Crippen molar-refractivity contribution >= 4 is 0 Å². The maximum Gasteiger partial charge on any atom is 0.129 e. The minimum Gasteiger partial charge on any atom is -0.493 e. The van der Waals surface area contributed by atoms with E-state index in [4.69, 9.17) is 9.47 Å². The van der Waals surface area contributed by atoms with Crippen molar-refractivity contribution in [3.63, 3.8) is 0 Å². The third kappa shape index (κ3) is 2.00. The van der Waals surface area contributed by atoms with Gasteiger partial charge in [-0.2, -0.15) is 0 Å². The van der Waals surface area contributed by atoms with Gasteiger partial charge in [-0.15, -0.1) is 0 Å². The minimum absolute atomic E-state index is 0.362. The van der Waals surface area contributed by atoms with Crippen molar-refractivity contribution in [2.75, 3.05) is 13.2 Å². The van der Waals surface area contributed by atoms with Crippen LogP contribution in [0.3, 0.4) is 0 Å². The highest BCUT2D eigenvalue weighted by Crippen LogP contribution is 2.36. The number of rotatable bonds is 4. The summed E-state index contributed by atoms with van der Waals surface area (Å²) >= 11 is 0. The van der Waals surface area contributed by atoms with Gasteiger partial charge in [0.25, 0.3) is 0 Å². The Balaban J connectivity index is 1.62. The molecule has 1 saturated carbocycles. The van der Waals surface area contributed by atoms with Gasteiger partial charge >= 0.3 is 0 Å². The molecular weight excluding hydrogens is 204 g/mol. The molecule has 3 heteroatoms. The number of ether oxygens (including phenoxy) is 2. The monoisotopic (exact) mass is 220 g/mol. The smallest absolute Gasteiger partial charge is 0.129 e. The van der Waals surface area contributed by atoms with Crippen LogP contribution in [0.5, 0.6) is 11.5 Å². The molecule has 0 saturated heterocycles. The van der Waals surface area contributed by atoms with E-state index >= 15 is 0 Å². The molecule has 3 rings (SSSR count). The highest BCUT2D eigenvalue weighted by molar-refractivity contribution is 5.44. The van der Waals surface area contributed by atoms with Gasteiger partial charge in [-0.25, -0.2) is 0 Å². The predicted octanol–water partition coefficient (Wildman–Crippen LogP) is 2.29. The van der Waals surface area contributed by atoms with Crippen LogP contribution in [-0.4, -0.2) is 18.3 Å². The molecule has 86 valence electrons. The number of aliphatic hydroxyl groups is 1. The lowest BCUT2D eigenvalue weighted by Crippen LogP contribution is -1.98. The summed E-state index contributed by atoms with van der Waals surface area (Å²) in [6, 6.07) is 5.67. The molecule has 1 heterocycles. The molecule has 1 fully saturated rings. The third-order valence-electron chi connectivity index (χ3n) is 3.23. The molecule has 1 atom stereocenters. The van der Waals surface area contributed by atoms with E-state index in [2.05, 4.69) is 0 Å². The van der Waals surface area contributed by atoms with Crippen molar-refractivity contribution in [3.8, 4) is 11.5 Å². The Bertz CT molecular complexity index is 385. The normalized spacial score (nSPS) is 22.7. The van der Waals surface area contributed by atoms with Gasteiger partial charge in [-0.1, -0.05) is 12.8 Å². The number of hydrogen-bond donors (Lipinski definition) is 1. The molecule has 3 nitrogen and oxygen atoms in total. The van der Waals surface area contributed by atoms with Crippen molar-refractivity contribution < 1.29 is 14.6 Å². The van der Waals surface area contributed by atoms with Crippen LogP contribution >= 0.6 is 0 Å². The summed E-state index contributed by atoms with van der Waals surface area (Å²) in [6.45, 7) is 1.15. The van der Waals surface area contributed by atoms with Gasteiger partial charge in [-0.3, -0.25) is 0 Å². The lowest BCUT2D eigenvalue weighted by molar-refractivity contribution is 0.140. The Hall–Kier alpha value is -1.22. The molecule has 1 aromatic rings. The zero-order valence-corrected chi connectivity index (χ0v) is 9.19. The van der Waals surface area contributed by atoms with Gasteiger partial charge in [0.1, 0.15) is 24.2 Å². The second-order valence-electron chi connectivity index (χ2n) is 4.61. The molecule has 0 aromatic heterocycles. The predicted molar refractivity (Wildman–Crippen MR) is 59.7 cm³/mol. The van der Waals surface area contributed by atoms with Crippen molar-refractivity contribution in [3.05, 3.63) is 23.8 Å². The molecule has 1 aliphatic carbocycles. The average Bonchev–Trinajstić information content (AvgIpc) is 3.04. The molecule has 0 spiro atoms. The number of hydrogen-bond acceptors (Lipinski definition) is 3. The summed E-state index contributed by atoms with van der Waals surface area (Å²) in [5, 5.41) is 9.56. The molecule has 0 bridgehead atoms. The molecule has 1 unspecified atom stereocenters. The van der Waals surface area contributed by atoms with Crippen molar-refractivity contribution in [1.29, 1.82) is 0 Å². The summed E-state index contributed by atoms with van der Waals surface area (Å²) in [5.41, 5.74) is 0.870.